The summed E-state index contributed by atoms with van der Waals surface area (Å²) in [4.78, 5) is 24.9. The zero-order valence-electron chi connectivity index (χ0n) is 14.1. The maximum atomic E-state index is 12.4. The van der Waals surface area contributed by atoms with Crippen LogP contribution in [-0.4, -0.2) is 40.9 Å². The molecule has 6 nitrogen and oxygen atoms in total. The summed E-state index contributed by atoms with van der Waals surface area (Å²) in [6, 6.07) is 4.20. The van der Waals surface area contributed by atoms with E-state index in [0.29, 0.717) is 23.0 Å². The van der Waals surface area contributed by atoms with Gasteiger partial charge in [0.1, 0.15) is 4.32 Å². The van der Waals surface area contributed by atoms with Gasteiger partial charge >= 0.3 is 0 Å². The quantitative estimate of drug-likeness (QED) is 0.527. The minimum Gasteiger partial charge on any atom is -0.548 e. The highest BCUT2D eigenvalue weighted by Crippen LogP contribution is 2.35. The van der Waals surface area contributed by atoms with Crippen LogP contribution in [0.5, 0.6) is 11.5 Å². The number of benzene rings is 1. The lowest BCUT2D eigenvalue weighted by molar-refractivity contribution is -0.309. The third kappa shape index (κ3) is 4.32. The number of hydrogen-bond acceptors (Lipinski definition) is 7. The molecular weight excluding hydrogens is 362 g/mol. The van der Waals surface area contributed by atoms with Gasteiger partial charge < -0.3 is 19.4 Å². The maximum Gasteiger partial charge on any atom is 0.266 e. The standard InChI is InChI=1S/C17H19NO5S2/c1-4-7-23-12-6-5-11(8-13(12)22-3)9-14-15(19)18(17(24)25-14)10(2)16(20)21/h5-6,8-10H,4,7H2,1-3H3,(H,20,21)/p-1/b14-9-/t10-/m0/s1. The van der Waals surface area contributed by atoms with Gasteiger partial charge in [-0.2, -0.15) is 0 Å². The molecular formula is C17H18NO5S2-. The number of thioether (sulfide) groups is 1. The lowest BCUT2D eigenvalue weighted by atomic mass is 10.1. The summed E-state index contributed by atoms with van der Waals surface area (Å²) in [6.07, 6.45) is 2.53. The molecule has 1 saturated heterocycles. The summed E-state index contributed by atoms with van der Waals surface area (Å²) in [7, 11) is 1.54. The molecule has 1 aliphatic rings. The van der Waals surface area contributed by atoms with E-state index in [2.05, 4.69) is 0 Å². The number of carbonyl (C=O) groups is 2. The van der Waals surface area contributed by atoms with Crippen LogP contribution in [0.25, 0.3) is 6.08 Å². The van der Waals surface area contributed by atoms with Crippen molar-refractivity contribution < 1.29 is 24.2 Å². The van der Waals surface area contributed by atoms with Crippen LogP contribution in [0.2, 0.25) is 0 Å². The van der Waals surface area contributed by atoms with Crippen LogP contribution < -0.4 is 14.6 Å². The van der Waals surface area contributed by atoms with Crippen LogP contribution in [0, 0.1) is 0 Å². The first-order chi connectivity index (χ1) is 11.9. The van der Waals surface area contributed by atoms with Crippen molar-refractivity contribution >= 4 is 46.3 Å². The van der Waals surface area contributed by atoms with Gasteiger partial charge in [0.2, 0.25) is 0 Å². The molecule has 1 aliphatic heterocycles. The molecule has 1 amide bonds. The average molecular weight is 380 g/mol. The minimum atomic E-state index is -1.35. The largest absolute Gasteiger partial charge is 0.548 e. The van der Waals surface area contributed by atoms with Crippen LogP contribution in [0.4, 0.5) is 0 Å². The highest BCUT2D eigenvalue weighted by molar-refractivity contribution is 8.26. The molecule has 0 aromatic heterocycles. The number of hydrogen-bond donors (Lipinski definition) is 0. The highest BCUT2D eigenvalue weighted by Gasteiger charge is 2.35. The van der Waals surface area contributed by atoms with E-state index in [0.717, 1.165) is 28.6 Å². The smallest absolute Gasteiger partial charge is 0.266 e. The summed E-state index contributed by atoms with van der Waals surface area (Å²) in [5.41, 5.74) is 0.724. The molecule has 0 spiro atoms. The fraction of sp³-hybridized carbons (Fsp3) is 0.353. The van der Waals surface area contributed by atoms with Gasteiger partial charge in [0.15, 0.2) is 11.5 Å². The number of ether oxygens (including phenoxy) is 2. The lowest BCUT2D eigenvalue weighted by Gasteiger charge is -2.23. The van der Waals surface area contributed by atoms with Gasteiger partial charge in [0.05, 0.1) is 30.6 Å². The topological polar surface area (TPSA) is 78.9 Å². The second kappa shape index (κ2) is 8.35. The first kappa shape index (κ1) is 19.3. The number of amides is 1. The van der Waals surface area contributed by atoms with Crippen molar-refractivity contribution in [3.8, 4) is 11.5 Å². The molecule has 8 heteroatoms. The first-order valence-corrected chi connectivity index (χ1v) is 8.90. The van der Waals surface area contributed by atoms with Crippen molar-refractivity contribution in [2.45, 2.75) is 26.3 Å². The molecule has 0 bridgehead atoms. The Morgan fingerprint density at radius 3 is 2.76 bits per heavy atom. The molecule has 0 unspecified atom stereocenters. The van der Waals surface area contributed by atoms with Gasteiger partial charge in [0.25, 0.3) is 5.91 Å². The second-order valence-electron chi connectivity index (χ2n) is 5.31. The summed E-state index contributed by atoms with van der Waals surface area (Å²) in [6.45, 7) is 3.96. The van der Waals surface area contributed by atoms with Gasteiger partial charge in [0, 0.05) is 0 Å². The van der Waals surface area contributed by atoms with Gasteiger partial charge in [-0.05, 0) is 37.1 Å². The molecule has 1 aromatic rings. The van der Waals surface area contributed by atoms with Crippen molar-refractivity contribution in [2.24, 2.45) is 0 Å². The summed E-state index contributed by atoms with van der Waals surface area (Å²) in [5.74, 6) is -0.617. The molecule has 0 N–H and O–H groups in total. The monoisotopic (exact) mass is 380 g/mol. The van der Waals surface area contributed by atoms with Gasteiger partial charge in [-0.15, -0.1) is 0 Å². The fourth-order valence-corrected chi connectivity index (χ4v) is 3.59. The molecule has 1 fully saturated rings. The second-order valence-corrected chi connectivity index (χ2v) is 6.98. The third-order valence-corrected chi connectivity index (χ3v) is 4.83. The molecule has 25 heavy (non-hydrogen) atoms. The van der Waals surface area contributed by atoms with E-state index in [1.807, 2.05) is 6.92 Å². The fourth-order valence-electron chi connectivity index (χ4n) is 2.18. The molecule has 0 saturated carbocycles. The van der Waals surface area contributed by atoms with E-state index in [9.17, 15) is 14.7 Å². The third-order valence-electron chi connectivity index (χ3n) is 3.50. The molecule has 1 heterocycles. The Labute approximate surface area is 155 Å². The maximum absolute atomic E-state index is 12.4. The SMILES string of the molecule is CCCOc1ccc(/C=C2\SC(=S)N([C@@H](C)C(=O)[O-])C2=O)cc1OC. The molecule has 2 rings (SSSR count). The normalized spacial score (nSPS) is 17.1. The Hall–Kier alpha value is -2.06. The summed E-state index contributed by atoms with van der Waals surface area (Å²) < 4.78 is 11.1. The first-order valence-electron chi connectivity index (χ1n) is 7.67. The number of carboxylic acid groups (broad SMARTS) is 1. The zero-order chi connectivity index (χ0) is 18.6. The van der Waals surface area contributed by atoms with E-state index in [1.54, 1.807) is 31.4 Å². The lowest BCUT2D eigenvalue weighted by Crippen LogP contribution is -2.48. The zero-order valence-corrected chi connectivity index (χ0v) is 15.7. The van der Waals surface area contributed by atoms with Crippen LogP contribution in [-0.2, 0) is 9.59 Å². The molecule has 0 aliphatic carbocycles. The Kier molecular flexibility index (Phi) is 6.44. The van der Waals surface area contributed by atoms with Gasteiger partial charge in [-0.3, -0.25) is 9.69 Å². The highest BCUT2D eigenvalue weighted by atomic mass is 32.2. The summed E-state index contributed by atoms with van der Waals surface area (Å²) >= 11 is 6.17. The van der Waals surface area contributed by atoms with E-state index < -0.39 is 17.9 Å². The number of carboxylic acids is 1. The number of nitrogens with zero attached hydrogens (tertiary/aromatic N) is 1. The molecule has 0 radical (unpaired) electrons. The van der Waals surface area contributed by atoms with Crippen LogP contribution >= 0.6 is 24.0 Å². The number of carbonyl (C=O) groups excluding carboxylic acids is 2. The van der Waals surface area contributed by atoms with Crippen molar-refractivity contribution in [1.82, 2.24) is 4.90 Å². The van der Waals surface area contributed by atoms with E-state index in [4.69, 9.17) is 21.7 Å². The van der Waals surface area contributed by atoms with Crippen molar-refractivity contribution in [1.29, 1.82) is 0 Å². The Morgan fingerprint density at radius 1 is 1.44 bits per heavy atom. The van der Waals surface area contributed by atoms with Crippen LogP contribution in [0.1, 0.15) is 25.8 Å². The van der Waals surface area contributed by atoms with Crippen molar-refractivity contribution in [3.05, 3.63) is 28.7 Å². The molecule has 134 valence electrons. The van der Waals surface area contributed by atoms with E-state index in [1.165, 1.54) is 6.92 Å². The number of thiocarbonyl (C=S) groups is 1. The molecule has 1 atom stereocenters. The number of rotatable bonds is 7. The number of methoxy groups -OCH3 is 1. The van der Waals surface area contributed by atoms with Crippen molar-refractivity contribution in [3.63, 3.8) is 0 Å². The predicted molar refractivity (Wildman–Crippen MR) is 98.3 cm³/mol. The van der Waals surface area contributed by atoms with E-state index in [-0.39, 0.29) is 4.32 Å². The molecule has 1 aromatic carbocycles. The average Bonchev–Trinajstić information content (AvgIpc) is 2.86. The number of aliphatic carboxylic acids is 1. The van der Waals surface area contributed by atoms with Crippen LogP contribution in [0.15, 0.2) is 23.1 Å². The minimum absolute atomic E-state index is 0.197. The van der Waals surface area contributed by atoms with Gasteiger partial charge in [-0.1, -0.05) is 37.0 Å². The van der Waals surface area contributed by atoms with Crippen molar-refractivity contribution in [2.75, 3.05) is 13.7 Å². The Balaban J connectivity index is 2.27. The predicted octanol–water partition coefficient (Wildman–Crippen LogP) is 1.82. The van der Waals surface area contributed by atoms with Crippen LogP contribution in [0.3, 0.4) is 0 Å². The van der Waals surface area contributed by atoms with Gasteiger partial charge in [-0.25, -0.2) is 0 Å². The Bertz CT molecular complexity index is 732. The Morgan fingerprint density at radius 2 is 2.16 bits per heavy atom. The summed E-state index contributed by atoms with van der Waals surface area (Å²) in [5, 5.41) is 11.0. The van der Waals surface area contributed by atoms with E-state index >= 15 is 0 Å².